The average Bonchev–Trinajstić information content (AvgIpc) is 2.66. The number of benzene rings is 2. The highest BCUT2D eigenvalue weighted by atomic mass is 35.5. The van der Waals surface area contributed by atoms with Crippen LogP contribution in [0.25, 0.3) is 0 Å². The molecule has 0 aromatic heterocycles. The van der Waals surface area contributed by atoms with Gasteiger partial charge in [-0.05, 0) is 48.7 Å². The molecule has 0 aliphatic rings. The van der Waals surface area contributed by atoms with Gasteiger partial charge in [-0.25, -0.2) is 8.42 Å². The highest BCUT2D eigenvalue weighted by molar-refractivity contribution is 7.91. The van der Waals surface area contributed by atoms with Crippen molar-refractivity contribution >= 4 is 21.4 Å². The van der Waals surface area contributed by atoms with E-state index < -0.39 is 9.84 Å². The molecule has 2 aromatic carbocycles. The quantitative estimate of drug-likeness (QED) is 0.573. The third kappa shape index (κ3) is 7.40. The first-order valence-electron chi connectivity index (χ1n) is 8.80. The molecule has 7 heteroatoms. The molecule has 0 fully saturated rings. The number of hydrogen-bond donors (Lipinski definition) is 1. The molecule has 5 nitrogen and oxygen atoms in total. The molecule has 0 saturated heterocycles. The number of ether oxygens (including phenoxy) is 2. The normalized spacial score (nSPS) is 11.4. The highest BCUT2D eigenvalue weighted by Crippen LogP contribution is 2.25. The monoisotopic (exact) mass is 411 g/mol. The molecule has 0 bridgehead atoms. The van der Waals surface area contributed by atoms with Gasteiger partial charge in [0, 0.05) is 17.6 Å². The fraction of sp³-hybridized carbons (Fsp3) is 0.400. The summed E-state index contributed by atoms with van der Waals surface area (Å²) in [5.41, 5.74) is 1.94. The molecule has 0 aliphatic heterocycles. The molecule has 2 rings (SSSR count). The lowest BCUT2D eigenvalue weighted by Gasteiger charge is -2.11. The van der Waals surface area contributed by atoms with Gasteiger partial charge in [-0.1, -0.05) is 29.8 Å². The smallest absolute Gasteiger partial charge is 0.150 e. The van der Waals surface area contributed by atoms with Crippen LogP contribution < -0.4 is 14.8 Å². The predicted molar refractivity (Wildman–Crippen MR) is 110 cm³/mol. The van der Waals surface area contributed by atoms with Gasteiger partial charge in [-0.3, -0.25) is 0 Å². The molecule has 2 aromatic rings. The number of sulfone groups is 1. The Labute approximate surface area is 166 Å². The molecular formula is C20H26ClNO4S. The van der Waals surface area contributed by atoms with Crippen LogP contribution in [0.3, 0.4) is 0 Å². The van der Waals surface area contributed by atoms with Gasteiger partial charge in [0.05, 0.1) is 25.7 Å². The summed E-state index contributed by atoms with van der Waals surface area (Å²) in [6, 6.07) is 13.0. The lowest BCUT2D eigenvalue weighted by molar-refractivity contribution is 0.391. The highest BCUT2D eigenvalue weighted by Gasteiger charge is 2.13. The van der Waals surface area contributed by atoms with Crippen molar-refractivity contribution in [2.45, 2.75) is 19.4 Å². The van der Waals surface area contributed by atoms with E-state index in [9.17, 15) is 8.42 Å². The van der Waals surface area contributed by atoms with E-state index in [1.807, 2.05) is 36.4 Å². The molecule has 0 aliphatic carbocycles. The molecule has 1 N–H and O–H groups in total. The Kier molecular flexibility index (Phi) is 8.41. The van der Waals surface area contributed by atoms with Crippen LogP contribution in [0.15, 0.2) is 42.5 Å². The minimum atomic E-state index is -3.12. The summed E-state index contributed by atoms with van der Waals surface area (Å²) < 4.78 is 35.1. The molecule has 0 atom stereocenters. The second kappa shape index (κ2) is 10.5. The third-order valence-corrected chi connectivity index (χ3v) is 6.18. The maximum absolute atomic E-state index is 12.3. The standard InChI is InChI=1S/C20H26ClNO4S/c1-25-19-8-7-17(20(14-19)26-2)9-12-27(23,24)11-4-10-22-15-16-5-3-6-18(21)13-16/h3,5-8,13-14,22H,4,9-12,15H2,1-2H3. The first-order chi connectivity index (χ1) is 12.9. The van der Waals surface area contributed by atoms with Gasteiger partial charge in [0.15, 0.2) is 9.84 Å². The van der Waals surface area contributed by atoms with E-state index in [0.717, 1.165) is 11.1 Å². The fourth-order valence-electron chi connectivity index (χ4n) is 2.72. The number of hydrogen-bond acceptors (Lipinski definition) is 5. The maximum Gasteiger partial charge on any atom is 0.150 e. The van der Waals surface area contributed by atoms with Crippen LogP contribution in [0.1, 0.15) is 17.5 Å². The van der Waals surface area contributed by atoms with E-state index >= 15 is 0 Å². The first-order valence-corrected chi connectivity index (χ1v) is 11.0. The van der Waals surface area contributed by atoms with Crippen molar-refractivity contribution < 1.29 is 17.9 Å². The lowest BCUT2D eigenvalue weighted by atomic mass is 10.1. The second-order valence-corrected chi connectivity index (χ2v) is 8.98. The van der Waals surface area contributed by atoms with Crippen molar-refractivity contribution in [3.8, 4) is 11.5 Å². The second-order valence-electron chi connectivity index (χ2n) is 6.24. The summed E-state index contributed by atoms with van der Waals surface area (Å²) in [7, 11) is 0.0303. The van der Waals surface area contributed by atoms with Crippen LogP contribution in [0.2, 0.25) is 5.02 Å². The number of halogens is 1. The molecule has 27 heavy (non-hydrogen) atoms. The number of rotatable bonds is 11. The molecule has 0 unspecified atom stereocenters. The Morgan fingerprint density at radius 1 is 1.04 bits per heavy atom. The Morgan fingerprint density at radius 2 is 1.85 bits per heavy atom. The minimum absolute atomic E-state index is 0.101. The molecule has 0 heterocycles. The van der Waals surface area contributed by atoms with Crippen molar-refractivity contribution in [3.63, 3.8) is 0 Å². The third-order valence-electron chi connectivity index (χ3n) is 4.20. The van der Waals surface area contributed by atoms with Crippen molar-refractivity contribution in [1.82, 2.24) is 5.32 Å². The van der Waals surface area contributed by atoms with Gasteiger partial charge in [0.1, 0.15) is 11.5 Å². The van der Waals surface area contributed by atoms with E-state index in [4.69, 9.17) is 21.1 Å². The van der Waals surface area contributed by atoms with Crippen molar-refractivity contribution in [2.75, 3.05) is 32.3 Å². The van der Waals surface area contributed by atoms with Crippen LogP contribution in [0, 0.1) is 0 Å². The average molecular weight is 412 g/mol. The number of methoxy groups -OCH3 is 2. The summed E-state index contributed by atoms with van der Waals surface area (Å²) in [5.74, 6) is 1.59. The number of nitrogens with one attached hydrogen (secondary N) is 1. The summed E-state index contributed by atoms with van der Waals surface area (Å²) in [6.45, 7) is 1.31. The summed E-state index contributed by atoms with van der Waals surface area (Å²) in [6.07, 6.45) is 0.994. The van der Waals surface area contributed by atoms with Gasteiger partial charge in [-0.15, -0.1) is 0 Å². The van der Waals surface area contributed by atoms with Crippen LogP contribution >= 0.6 is 11.6 Å². The van der Waals surface area contributed by atoms with Crippen LogP contribution in [-0.2, 0) is 22.8 Å². The Bertz CT molecular complexity index is 840. The van der Waals surface area contributed by atoms with Crippen LogP contribution in [0.4, 0.5) is 0 Å². The van der Waals surface area contributed by atoms with E-state index in [1.165, 1.54) is 0 Å². The van der Waals surface area contributed by atoms with Crippen molar-refractivity contribution in [1.29, 1.82) is 0 Å². The fourth-order valence-corrected chi connectivity index (χ4v) is 4.25. The molecule has 148 valence electrons. The van der Waals surface area contributed by atoms with E-state index in [2.05, 4.69) is 5.32 Å². The Morgan fingerprint density at radius 3 is 2.56 bits per heavy atom. The molecule has 0 radical (unpaired) electrons. The summed E-state index contributed by atoms with van der Waals surface area (Å²) in [5, 5.41) is 3.95. The lowest BCUT2D eigenvalue weighted by Crippen LogP contribution is -2.20. The van der Waals surface area contributed by atoms with Crippen LogP contribution in [0.5, 0.6) is 11.5 Å². The van der Waals surface area contributed by atoms with E-state index in [1.54, 1.807) is 20.3 Å². The predicted octanol–water partition coefficient (Wildman–Crippen LogP) is 3.49. The largest absolute Gasteiger partial charge is 0.497 e. The molecule has 0 spiro atoms. The van der Waals surface area contributed by atoms with Gasteiger partial charge in [0.25, 0.3) is 0 Å². The zero-order valence-corrected chi connectivity index (χ0v) is 17.3. The number of aryl methyl sites for hydroxylation is 1. The maximum atomic E-state index is 12.3. The summed E-state index contributed by atoms with van der Waals surface area (Å²) >= 11 is 5.95. The molecule has 0 amide bonds. The SMILES string of the molecule is COc1ccc(CCS(=O)(=O)CCCNCc2cccc(Cl)c2)c(OC)c1. The van der Waals surface area contributed by atoms with Gasteiger partial charge in [-0.2, -0.15) is 0 Å². The van der Waals surface area contributed by atoms with Gasteiger partial charge >= 0.3 is 0 Å². The Balaban J connectivity index is 1.75. The topological polar surface area (TPSA) is 64.6 Å². The van der Waals surface area contributed by atoms with Crippen molar-refractivity contribution in [2.24, 2.45) is 0 Å². The van der Waals surface area contributed by atoms with Gasteiger partial charge < -0.3 is 14.8 Å². The molecule has 0 saturated carbocycles. The van der Waals surface area contributed by atoms with E-state index in [-0.39, 0.29) is 11.5 Å². The minimum Gasteiger partial charge on any atom is -0.497 e. The zero-order chi connectivity index (χ0) is 19.7. The summed E-state index contributed by atoms with van der Waals surface area (Å²) in [4.78, 5) is 0. The van der Waals surface area contributed by atoms with Crippen molar-refractivity contribution in [3.05, 3.63) is 58.6 Å². The van der Waals surface area contributed by atoms with Gasteiger partial charge in [0.2, 0.25) is 0 Å². The molecular weight excluding hydrogens is 386 g/mol. The Hall–Kier alpha value is -1.76. The van der Waals surface area contributed by atoms with E-state index in [0.29, 0.717) is 42.5 Å². The zero-order valence-electron chi connectivity index (χ0n) is 15.7. The first kappa shape index (κ1) is 21.5. The van der Waals surface area contributed by atoms with Crippen LogP contribution in [-0.4, -0.2) is 40.7 Å².